The summed E-state index contributed by atoms with van der Waals surface area (Å²) in [6.07, 6.45) is -0.480. The molecule has 156 valence electrons. The molecular formula is C19H27IN2O6. The van der Waals surface area contributed by atoms with Crippen LogP contribution in [0.3, 0.4) is 0 Å². The molecule has 28 heavy (non-hydrogen) atoms. The molecule has 1 rings (SSSR count). The SMILES string of the molecule is COC(=O)[C@H](Cc1ccc(OC)c(I)c1)NC(=O)[C@H](C)NC(=O)OC(C)(C)C. The van der Waals surface area contributed by atoms with E-state index in [1.54, 1.807) is 33.9 Å². The zero-order valence-electron chi connectivity index (χ0n) is 16.9. The van der Waals surface area contributed by atoms with E-state index in [1.165, 1.54) is 14.0 Å². The number of nitrogens with one attached hydrogen (secondary N) is 2. The van der Waals surface area contributed by atoms with E-state index in [1.807, 2.05) is 12.1 Å². The fraction of sp³-hybridized carbons (Fsp3) is 0.526. The van der Waals surface area contributed by atoms with E-state index in [9.17, 15) is 14.4 Å². The van der Waals surface area contributed by atoms with Crippen LogP contribution in [0, 0.1) is 3.57 Å². The number of esters is 1. The number of methoxy groups -OCH3 is 2. The second-order valence-corrected chi connectivity index (χ2v) is 8.29. The Balaban J connectivity index is 2.80. The predicted octanol–water partition coefficient (Wildman–Crippen LogP) is 2.41. The van der Waals surface area contributed by atoms with E-state index in [0.29, 0.717) is 0 Å². The van der Waals surface area contributed by atoms with Crippen molar-refractivity contribution in [1.29, 1.82) is 0 Å². The summed E-state index contributed by atoms with van der Waals surface area (Å²) in [5, 5.41) is 5.06. The first-order chi connectivity index (χ1) is 13.0. The van der Waals surface area contributed by atoms with Crippen LogP contribution in [0.2, 0.25) is 0 Å². The fourth-order valence-electron chi connectivity index (χ4n) is 2.25. The topological polar surface area (TPSA) is 103 Å². The molecule has 0 aliphatic carbocycles. The number of hydrogen-bond acceptors (Lipinski definition) is 6. The van der Waals surface area contributed by atoms with Gasteiger partial charge in [-0.05, 0) is 68.0 Å². The molecule has 0 aromatic heterocycles. The maximum absolute atomic E-state index is 12.4. The van der Waals surface area contributed by atoms with Crippen molar-refractivity contribution in [2.75, 3.05) is 14.2 Å². The molecule has 0 aliphatic rings. The largest absolute Gasteiger partial charge is 0.496 e. The van der Waals surface area contributed by atoms with Crippen molar-refractivity contribution in [3.63, 3.8) is 0 Å². The van der Waals surface area contributed by atoms with Crippen molar-refractivity contribution < 1.29 is 28.6 Å². The van der Waals surface area contributed by atoms with Gasteiger partial charge in [0.05, 0.1) is 17.8 Å². The van der Waals surface area contributed by atoms with Crippen LogP contribution in [-0.2, 0) is 25.5 Å². The monoisotopic (exact) mass is 506 g/mol. The molecule has 0 bridgehead atoms. The molecule has 2 amide bonds. The van der Waals surface area contributed by atoms with Crippen molar-refractivity contribution in [3.8, 4) is 5.75 Å². The molecular weight excluding hydrogens is 479 g/mol. The lowest BCUT2D eigenvalue weighted by Gasteiger charge is -2.23. The number of halogens is 1. The second-order valence-electron chi connectivity index (χ2n) is 7.13. The standard InChI is InChI=1S/C19H27IN2O6/c1-11(21-18(25)28-19(2,3)4)16(23)22-14(17(24)27-6)10-12-7-8-15(26-5)13(20)9-12/h7-9,11,14H,10H2,1-6H3,(H,21,25)(H,22,23)/t11-,14-/m0/s1. The molecule has 0 spiro atoms. The average molecular weight is 506 g/mol. The molecule has 0 saturated carbocycles. The van der Waals surface area contributed by atoms with E-state index in [4.69, 9.17) is 14.2 Å². The van der Waals surface area contributed by atoms with E-state index < -0.39 is 35.7 Å². The Morgan fingerprint density at radius 1 is 1.14 bits per heavy atom. The number of benzene rings is 1. The lowest BCUT2D eigenvalue weighted by molar-refractivity contribution is -0.145. The van der Waals surface area contributed by atoms with Crippen LogP contribution in [0.15, 0.2) is 18.2 Å². The van der Waals surface area contributed by atoms with Crippen LogP contribution in [0.4, 0.5) is 4.79 Å². The molecule has 0 heterocycles. The molecule has 1 aromatic rings. The number of carbonyl (C=O) groups is 3. The lowest BCUT2D eigenvalue weighted by Crippen LogP contribution is -2.52. The van der Waals surface area contributed by atoms with Crippen molar-refractivity contribution in [2.24, 2.45) is 0 Å². The first-order valence-corrected chi connectivity index (χ1v) is 9.74. The number of alkyl carbamates (subject to hydrolysis) is 1. The highest BCUT2D eigenvalue weighted by Crippen LogP contribution is 2.22. The molecule has 0 aliphatic heterocycles. The zero-order chi connectivity index (χ0) is 21.5. The van der Waals surface area contributed by atoms with Gasteiger partial charge < -0.3 is 24.8 Å². The van der Waals surface area contributed by atoms with Crippen molar-refractivity contribution >= 4 is 40.6 Å². The number of ether oxygens (including phenoxy) is 3. The van der Waals surface area contributed by atoms with Gasteiger partial charge in [0.25, 0.3) is 0 Å². The summed E-state index contributed by atoms with van der Waals surface area (Å²) in [5.41, 5.74) is 0.147. The maximum Gasteiger partial charge on any atom is 0.408 e. The van der Waals surface area contributed by atoms with Crippen molar-refractivity contribution in [2.45, 2.75) is 51.8 Å². The predicted molar refractivity (Wildman–Crippen MR) is 112 cm³/mol. The molecule has 0 radical (unpaired) electrons. The third kappa shape index (κ3) is 7.91. The van der Waals surface area contributed by atoms with Crippen LogP contribution in [0.25, 0.3) is 0 Å². The van der Waals surface area contributed by atoms with Gasteiger partial charge in [-0.1, -0.05) is 6.07 Å². The van der Waals surface area contributed by atoms with Crippen LogP contribution in [0.1, 0.15) is 33.3 Å². The Labute approximate surface area is 178 Å². The molecule has 1 aromatic carbocycles. The number of rotatable bonds is 7. The Morgan fingerprint density at radius 3 is 2.29 bits per heavy atom. The highest BCUT2D eigenvalue weighted by molar-refractivity contribution is 14.1. The summed E-state index contributed by atoms with van der Waals surface area (Å²) in [6, 6.07) is 3.68. The van der Waals surface area contributed by atoms with Crippen LogP contribution < -0.4 is 15.4 Å². The van der Waals surface area contributed by atoms with Gasteiger partial charge in [0, 0.05) is 6.42 Å². The lowest BCUT2D eigenvalue weighted by atomic mass is 10.1. The molecule has 8 nitrogen and oxygen atoms in total. The van der Waals surface area contributed by atoms with Gasteiger partial charge in [0.15, 0.2) is 0 Å². The summed E-state index contributed by atoms with van der Waals surface area (Å²) < 4.78 is 16.0. The number of amides is 2. The van der Waals surface area contributed by atoms with Gasteiger partial charge in [-0.3, -0.25) is 4.79 Å². The Kier molecular flexibility index (Phi) is 8.99. The van der Waals surface area contributed by atoms with Gasteiger partial charge in [0.1, 0.15) is 23.4 Å². The van der Waals surface area contributed by atoms with Gasteiger partial charge in [-0.15, -0.1) is 0 Å². The Bertz CT molecular complexity index is 717. The second kappa shape index (κ2) is 10.5. The van der Waals surface area contributed by atoms with Crippen LogP contribution in [0.5, 0.6) is 5.75 Å². The highest BCUT2D eigenvalue weighted by Gasteiger charge is 2.26. The van der Waals surface area contributed by atoms with E-state index in [-0.39, 0.29) is 6.42 Å². The van der Waals surface area contributed by atoms with Crippen molar-refractivity contribution in [3.05, 3.63) is 27.3 Å². The molecule has 0 unspecified atom stereocenters. The fourth-order valence-corrected chi connectivity index (χ4v) is 3.05. The van der Waals surface area contributed by atoms with Gasteiger partial charge >= 0.3 is 12.1 Å². The van der Waals surface area contributed by atoms with E-state index >= 15 is 0 Å². The normalized spacial score (nSPS) is 13.1. The number of carbonyl (C=O) groups excluding carboxylic acids is 3. The van der Waals surface area contributed by atoms with E-state index in [2.05, 4.69) is 33.2 Å². The Hall–Kier alpha value is -2.04. The third-order valence-corrected chi connectivity index (χ3v) is 4.43. The molecule has 0 saturated heterocycles. The summed E-state index contributed by atoms with van der Waals surface area (Å²) in [5.74, 6) is -0.383. The van der Waals surface area contributed by atoms with Gasteiger partial charge in [-0.25, -0.2) is 9.59 Å². The quantitative estimate of drug-likeness (QED) is 0.435. The molecule has 2 atom stereocenters. The average Bonchev–Trinajstić information content (AvgIpc) is 2.58. The number of hydrogen-bond donors (Lipinski definition) is 2. The first-order valence-electron chi connectivity index (χ1n) is 8.67. The smallest absolute Gasteiger partial charge is 0.408 e. The third-order valence-electron chi connectivity index (χ3n) is 3.58. The summed E-state index contributed by atoms with van der Waals surface area (Å²) >= 11 is 2.13. The minimum absolute atomic E-state index is 0.234. The molecule has 2 N–H and O–H groups in total. The molecule has 0 fully saturated rings. The summed E-state index contributed by atoms with van der Waals surface area (Å²) in [4.78, 5) is 36.4. The minimum atomic E-state index is -0.899. The van der Waals surface area contributed by atoms with Gasteiger partial charge in [0.2, 0.25) is 5.91 Å². The van der Waals surface area contributed by atoms with E-state index in [0.717, 1.165) is 14.9 Å². The van der Waals surface area contributed by atoms with Crippen LogP contribution >= 0.6 is 22.6 Å². The summed E-state index contributed by atoms with van der Waals surface area (Å²) in [7, 11) is 2.83. The maximum atomic E-state index is 12.4. The minimum Gasteiger partial charge on any atom is -0.496 e. The highest BCUT2D eigenvalue weighted by atomic mass is 127. The van der Waals surface area contributed by atoms with Gasteiger partial charge in [-0.2, -0.15) is 0 Å². The van der Waals surface area contributed by atoms with Crippen molar-refractivity contribution in [1.82, 2.24) is 10.6 Å². The van der Waals surface area contributed by atoms with Crippen LogP contribution in [-0.4, -0.2) is 49.9 Å². The first kappa shape index (κ1) is 24.0. The molecule has 9 heteroatoms. The Morgan fingerprint density at radius 2 is 1.79 bits per heavy atom. The summed E-state index contributed by atoms with van der Waals surface area (Å²) in [6.45, 7) is 6.67. The zero-order valence-corrected chi connectivity index (χ0v) is 19.1.